The van der Waals surface area contributed by atoms with Crippen LogP contribution >= 0.6 is 0 Å². The maximum absolute atomic E-state index is 13.1. The summed E-state index contributed by atoms with van der Waals surface area (Å²) in [6, 6.07) is 11.7. The standard InChI is InChI=1S/C20H20FN3O2/c1-14-3-8-18(24-10-9-22-13-24)17(11-14)20(25)23-12-19(26-2)15-4-6-16(21)7-5-15/h3-11,13,19H,12H2,1-2H3,(H,23,25)/t19-/m0/s1. The predicted molar refractivity (Wildman–Crippen MR) is 96.8 cm³/mol. The number of nitrogens with zero attached hydrogens (tertiary/aromatic N) is 2. The Bertz CT molecular complexity index is 877. The first-order valence-electron chi connectivity index (χ1n) is 8.24. The summed E-state index contributed by atoms with van der Waals surface area (Å²) in [5, 5.41) is 2.90. The van der Waals surface area contributed by atoms with Crippen molar-refractivity contribution in [3.8, 4) is 5.69 Å². The summed E-state index contributed by atoms with van der Waals surface area (Å²) in [7, 11) is 1.56. The summed E-state index contributed by atoms with van der Waals surface area (Å²) in [5.41, 5.74) is 3.09. The summed E-state index contributed by atoms with van der Waals surface area (Å²) in [6.45, 7) is 2.21. The highest BCUT2D eigenvalue weighted by molar-refractivity contribution is 5.98. The highest BCUT2D eigenvalue weighted by Gasteiger charge is 2.16. The molecule has 1 atom stereocenters. The van der Waals surface area contributed by atoms with E-state index in [0.29, 0.717) is 5.56 Å². The molecule has 0 radical (unpaired) electrons. The third-order valence-corrected chi connectivity index (χ3v) is 4.15. The number of methoxy groups -OCH3 is 1. The van der Waals surface area contributed by atoms with E-state index in [-0.39, 0.29) is 24.4 Å². The minimum Gasteiger partial charge on any atom is -0.375 e. The van der Waals surface area contributed by atoms with Crippen LogP contribution in [0.2, 0.25) is 0 Å². The Hall–Kier alpha value is -2.99. The summed E-state index contributed by atoms with van der Waals surface area (Å²) in [5.74, 6) is -0.515. The van der Waals surface area contributed by atoms with Gasteiger partial charge in [-0.2, -0.15) is 0 Å². The first-order chi connectivity index (χ1) is 12.6. The molecule has 0 spiro atoms. The van der Waals surface area contributed by atoms with E-state index in [1.54, 1.807) is 42.5 Å². The topological polar surface area (TPSA) is 56.1 Å². The molecule has 0 aliphatic carbocycles. The fourth-order valence-corrected chi connectivity index (χ4v) is 2.75. The molecular formula is C20H20FN3O2. The van der Waals surface area contributed by atoms with Crippen molar-refractivity contribution >= 4 is 5.91 Å². The minimum absolute atomic E-state index is 0.207. The predicted octanol–water partition coefficient (Wildman–Crippen LogP) is 3.44. The van der Waals surface area contributed by atoms with E-state index >= 15 is 0 Å². The maximum atomic E-state index is 13.1. The molecule has 0 saturated carbocycles. The van der Waals surface area contributed by atoms with Crippen molar-refractivity contribution in [2.75, 3.05) is 13.7 Å². The highest BCUT2D eigenvalue weighted by atomic mass is 19.1. The van der Waals surface area contributed by atoms with Gasteiger partial charge in [-0.1, -0.05) is 23.8 Å². The van der Waals surface area contributed by atoms with Gasteiger partial charge in [0.05, 0.1) is 23.7 Å². The van der Waals surface area contributed by atoms with Crippen LogP contribution in [0.25, 0.3) is 5.69 Å². The number of halogens is 1. The Labute approximate surface area is 151 Å². The van der Waals surface area contributed by atoms with Gasteiger partial charge in [0.15, 0.2) is 0 Å². The van der Waals surface area contributed by atoms with E-state index in [1.807, 2.05) is 25.1 Å². The van der Waals surface area contributed by atoms with Crippen LogP contribution in [0.4, 0.5) is 4.39 Å². The highest BCUT2D eigenvalue weighted by Crippen LogP contribution is 2.19. The summed E-state index contributed by atoms with van der Waals surface area (Å²) in [6.07, 6.45) is 4.74. The molecule has 3 rings (SSSR count). The summed E-state index contributed by atoms with van der Waals surface area (Å²) < 4.78 is 20.3. The zero-order chi connectivity index (χ0) is 18.5. The molecule has 0 aliphatic rings. The molecule has 0 unspecified atom stereocenters. The molecule has 0 aliphatic heterocycles. The average Bonchev–Trinajstić information content (AvgIpc) is 3.18. The van der Waals surface area contributed by atoms with Crippen molar-refractivity contribution in [3.63, 3.8) is 0 Å². The quantitative estimate of drug-likeness (QED) is 0.739. The van der Waals surface area contributed by atoms with Gasteiger partial charge in [0.2, 0.25) is 0 Å². The lowest BCUT2D eigenvalue weighted by atomic mass is 10.1. The van der Waals surface area contributed by atoms with Crippen molar-refractivity contribution in [2.45, 2.75) is 13.0 Å². The number of hydrogen-bond acceptors (Lipinski definition) is 3. The lowest BCUT2D eigenvalue weighted by Gasteiger charge is -2.18. The lowest BCUT2D eigenvalue weighted by Crippen LogP contribution is -2.30. The number of nitrogens with one attached hydrogen (secondary N) is 1. The first-order valence-corrected chi connectivity index (χ1v) is 8.24. The monoisotopic (exact) mass is 353 g/mol. The first kappa shape index (κ1) is 17.8. The van der Waals surface area contributed by atoms with Gasteiger partial charge >= 0.3 is 0 Å². The number of carbonyl (C=O) groups is 1. The molecule has 1 N–H and O–H groups in total. The van der Waals surface area contributed by atoms with Crippen molar-refractivity contribution < 1.29 is 13.9 Å². The molecule has 1 heterocycles. The smallest absolute Gasteiger partial charge is 0.253 e. The second kappa shape index (κ2) is 7.93. The number of aryl methyl sites for hydroxylation is 1. The number of ether oxygens (including phenoxy) is 1. The fraction of sp³-hybridized carbons (Fsp3) is 0.200. The van der Waals surface area contributed by atoms with Crippen LogP contribution in [0, 0.1) is 12.7 Å². The molecule has 1 aromatic heterocycles. The van der Waals surface area contributed by atoms with Crippen LogP contribution in [-0.2, 0) is 4.74 Å². The zero-order valence-electron chi connectivity index (χ0n) is 14.6. The number of benzene rings is 2. The van der Waals surface area contributed by atoms with E-state index in [9.17, 15) is 9.18 Å². The molecule has 26 heavy (non-hydrogen) atoms. The van der Waals surface area contributed by atoms with Gasteiger partial charge < -0.3 is 14.6 Å². The largest absolute Gasteiger partial charge is 0.375 e. The third-order valence-electron chi connectivity index (χ3n) is 4.15. The van der Waals surface area contributed by atoms with Gasteiger partial charge in [0, 0.05) is 26.0 Å². The molecule has 0 saturated heterocycles. The van der Waals surface area contributed by atoms with Crippen molar-refractivity contribution in [2.24, 2.45) is 0 Å². The number of amides is 1. The van der Waals surface area contributed by atoms with E-state index in [1.165, 1.54) is 12.1 Å². The molecule has 134 valence electrons. The second-order valence-corrected chi connectivity index (χ2v) is 5.98. The minimum atomic E-state index is -0.360. The van der Waals surface area contributed by atoms with E-state index in [4.69, 9.17) is 4.74 Å². The summed E-state index contributed by atoms with van der Waals surface area (Å²) in [4.78, 5) is 16.8. The van der Waals surface area contributed by atoms with E-state index in [2.05, 4.69) is 10.3 Å². The van der Waals surface area contributed by atoms with Crippen LogP contribution in [-0.4, -0.2) is 29.1 Å². The second-order valence-electron chi connectivity index (χ2n) is 5.98. The summed E-state index contributed by atoms with van der Waals surface area (Å²) >= 11 is 0. The van der Waals surface area contributed by atoms with Crippen LogP contribution in [0.15, 0.2) is 61.2 Å². The molecule has 5 nitrogen and oxygen atoms in total. The van der Waals surface area contributed by atoms with E-state index in [0.717, 1.165) is 16.8 Å². The molecule has 0 fully saturated rings. The molecule has 2 aromatic carbocycles. The number of hydrogen-bond donors (Lipinski definition) is 1. The van der Waals surface area contributed by atoms with Gasteiger partial charge in [0.1, 0.15) is 5.82 Å². The van der Waals surface area contributed by atoms with Gasteiger partial charge in [-0.3, -0.25) is 4.79 Å². The van der Waals surface area contributed by atoms with Crippen LogP contribution in [0.1, 0.15) is 27.6 Å². The van der Waals surface area contributed by atoms with Crippen LogP contribution in [0.3, 0.4) is 0 Å². The molecule has 6 heteroatoms. The molecule has 1 amide bonds. The normalized spacial score (nSPS) is 12.0. The Morgan fingerprint density at radius 2 is 2.04 bits per heavy atom. The number of rotatable bonds is 6. The van der Waals surface area contributed by atoms with Crippen molar-refractivity contribution in [1.29, 1.82) is 0 Å². The van der Waals surface area contributed by atoms with Crippen LogP contribution in [0.5, 0.6) is 0 Å². The van der Waals surface area contributed by atoms with Crippen LogP contribution < -0.4 is 5.32 Å². The third kappa shape index (κ3) is 3.97. The molecule has 3 aromatic rings. The maximum Gasteiger partial charge on any atom is 0.253 e. The Kier molecular flexibility index (Phi) is 5.43. The lowest BCUT2D eigenvalue weighted by molar-refractivity contribution is 0.0827. The number of aromatic nitrogens is 2. The molecule has 0 bridgehead atoms. The Morgan fingerprint density at radius 1 is 1.27 bits per heavy atom. The van der Waals surface area contributed by atoms with E-state index < -0.39 is 0 Å². The van der Waals surface area contributed by atoms with Gasteiger partial charge in [-0.05, 0) is 36.8 Å². The van der Waals surface area contributed by atoms with Gasteiger partial charge in [-0.15, -0.1) is 0 Å². The Balaban J connectivity index is 1.77. The van der Waals surface area contributed by atoms with Crippen molar-refractivity contribution in [3.05, 3.63) is 83.7 Å². The Morgan fingerprint density at radius 3 is 2.69 bits per heavy atom. The number of carbonyl (C=O) groups excluding carboxylic acids is 1. The molecular weight excluding hydrogens is 333 g/mol. The van der Waals surface area contributed by atoms with Gasteiger partial charge in [0.25, 0.3) is 5.91 Å². The number of imidazole rings is 1. The SMILES string of the molecule is CO[C@@H](CNC(=O)c1cc(C)ccc1-n1ccnc1)c1ccc(F)cc1. The average molecular weight is 353 g/mol. The van der Waals surface area contributed by atoms with Gasteiger partial charge in [-0.25, -0.2) is 9.37 Å². The zero-order valence-corrected chi connectivity index (χ0v) is 14.6. The fourth-order valence-electron chi connectivity index (χ4n) is 2.75. The van der Waals surface area contributed by atoms with Crippen molar-refractivity contribution in [1.82, 2.24) is 14.9 Å².